The molecular formula is C15H20N4O2S. The maximum atomic E-state index is 12.0. The minimum absolute atomic E-state index is 0.0814. The van der Waals surface area contributed by atoms with Crippen LogP contribution in [0.25, 0.3) is 0 Å². The lowest BCUT2D eigenvalue weighted by Gasteiger charge is -2.34. The number of carbonyl (C=O) groups is 2. The summed E-state index contributed by atoms with van der Waals surface area (Å²) in [5.41, 5.74) is -0.540. The quantitative estimate of drug-likeness (QED) is 0.801. The maximum Gasteiger partial charge on any atom is 0.243 e. The fourth-order valence-electron chi connectivity index (χ4n) is 2.09. The van der Waals surface area contributed by atoms with E-state index in [1.165, 1.54) is 0 Å². The van der Waals surface area contributed by atoms with E-state index in [0.29, 0.717) is 10.6 Å². The summed E-state index contributed by atoms with van der Waals surface area (Å²) in [6.07, 6.45) is 0.830. The molecule has 7 heteroatoms. The Balaban J connectivity index is 2.91. The number of nitrogens with zero attached hydrogens (tertiary/aromatic N) is 2. The lowest BCUT2D eigenvalue weighted by molar-refractivity contribution is -0.125. The third kappa shape index (κ3) is 3.80. The smallest absolute Gasteiger partial charge is 0.243 e. The molecule has 0 saturated carbocycles. The van der Waals surface area contributed by atoms with E-state index in [2.05, 4.69) is 16.7 Å². The molecule has 0 aliphatic carbocycles. The van der Waals surface area contributed by atoms with Crippen molar-refractivity contribution in [3.05, 3.63) is 10.6 Å². The van der Waals surface area contributed by atoms with Gasteiger partial charge in [-0.1, -0.05) is 32.5 Å². The van der Waals surface area contributed by atoms with Gasteiger partial charge in [0.1, 0.15) is 5.92 Å². The standard InChI is InChI=1S/C15H20N4O2S/c1-5-9(2)18-12(20)8-22-14-11(7-17)15(3,4)10(6-16)13(21)19-14/h9-10H,5,8H2,1-4H3,(H,18,20)(H,19,21)/t9-,10-/m0/s1. The van der Waals surface area contributed by atoms with Gasteiger partial charge in [-0.3, -0.25) is 9.59 Å². The highest BCUT2D eigenvalue weighted by Gasteiger charge is 2.44. The second-order valence-corrected chi connectivity index (χ2v) is 6.74. The lowest BCUT2D eigenvalue weighted by atomic mass is 9.72. The topological polar surface area (TPSA) is 106 Å². The van der Waals surface area contributed by atoms with Crippen LogP contribution in [0.1, 0.15) is 34.1 Å². The average Bonchev–Trinajstić information content (AvgIpc) is 2.44. The molecule has 1 aliphatic heterocycles. The normalized spacial score (nSPS) is 21.4. The van der Waals surface area contributed by atoms with E-state index in [4.69, 9.17) is 5.26 Å². The number of nitriles is 2. The van der Waals surface area contributed by atoms with E-state index in [9.17, 15) is 14.9 Å². The molecule has 2 atom stereocenters. The number of amides is 2. The van der Waals surface area contributed by atoms with Gasteiger partial charge in [-0.05, 0) is 13.3 Å². The number of nitrogens with one attached hydrogen (secondary N) is 2. The van der Waals surface area contributed by atoms with Crippen molar-refractivity contribution in [2.24, 2.45) is 11.3 Å². The van der Waals surface area contributed by atoms with Crippen LogP contribution in [-0.2, 0) is 9.59 Å². The zero-order valence-corrected chi connectivity index (χ0v) is 14.0. The molecule has 1 rings (SSSR count). The summed E-state index contributed by atoms with van der Waals surface area (Å²) in [6, 6.07) is 4.09. The van der Waals surface area contributed by atoms with Crippen molar-refractivity contribution in [1.29, 1.82) is 10.5 Å². The van der Waals surface area contributed by atoms with Gasteiger partial charge in [-0.25, -0.2) is 0 Å². The zero-order valence-electron chi connectivity index (χ0n) is 13.2. The van der Waals surface area contributed by atoms with Crippen LogP contribution in [0.15, 0.2) is 10.6 Å². The predicted octanol–water partition coefficient (Wildman–Crippen LogP) is 1.67. The zero-order chi connectivity index (χ0) is 16.9. The Morgan fingerprint density at radius 1 is 1.50 bits per heavy atom. The monoisotopic (exact) mass is 320 g/mol. The molecule has 0 saturated heterocycles. The Morgan fingerprint density at radius 2 is 2.14 bits per heavy atom. The maximum absolute atomic E-state index is 12.0. The fourth-order valence-corrected chi connectivity index (χ4v) is 3.08. The second-order valence-electron chi connectivity index (χ2n) is 5.75. The fraction of sp³-hybridized carbons (Fsp3) is 0.600. The number of carbonyl (C=O) groups excluding carboxylic acids is 2. The Bertz CT molecular complexity index is 583. The van der Waals surface area contributed by atoms with E-state index in [-0.39, 0.29) is 17.7 Å². The highest BCUT2D eigenvalue weighted by atomic mass is 32.2. The predicted molar refractivity (Wildman–Crippen MR) is 84.0 cm³/mol. The summed E-state index contributed by atoms with van der Waals surface area (Å²) in [7, 11) is 0. The highest BCUT2D eigenvalue weighted by Crippen LogP contribution is 2.41. The van der Waals surface area contributed by atoms with Crippen LogP contribution in [0.2, 0.25) is 0 Å². The molecule has 0 spiro atoms. The van der Waals surface area contributed by atoms with Crippen LogP contribution in [-0.4, -0.2) is 23.6 Å². The molecule has 118 valence electrons. The summed E-state index contributed by atoms with van der Waals surface area (Å²) >= 11 is 1.11. The molecule has 1 heterocycles. The molecule has 0 bridgehead atoms. The highest BCUT2D eigenvalue weighted by molar-refractivity contribution is 8.03. The number of hydrogen-bond donors (Lipinski definition) is 2. The van der Waals surface area contributed by atoms with E-state index in [0.717, 1.165) is 18.2 Å². The first-order chi connectivity index (χ1) is 10.3. The van der Waals surface area contributed by atoms with E-state index >= 15 is 0 Å². The van der Waals surface area contributed by atoms with Crippen molar-refractivity contribution in [3.8, 4) is 12.1 Å². The van der Waals surface area contributed by atoms with Crippen molar-refractivity contribution in [1.82, 2.24) is 10.6 Å². The van der Waals surface area contributed by atoms with Gasteiger partial charge in [0.2, 0.25) is 11.8 Å². The summed E-state index contributed by atoms with van der Waals surface area (Å²) in [4.78, 5) is 23.8. The molecule has 0 aromatic rings. The van der Waals surface area contributed by atoms with Crippen molar-refractivity contribution >= 4 is 23.6 Å². The van der Waals surface area contributed by atoms with Crippen LogP contribution in [0.3, 0.4) is 0 Å². The van der Waals surface area contributed by atoms with Gasteiger partial charge in [-0.15, -0.1) is 0 Å². The first kappa shape index (κ1) is 18.1. The van der Waals surface area contributed by atoms with E-state index in [1.807, 2.05) is 19.9 Å². The van der Waals surface area contributed by atoms with Crippen LogP contribution in [0.4, 0.5) is 0 Å². The van der Waals surface area contributed by atoms with E-state index in [1.54, 1.807) is 13.8 Å². The molecule has 0 fully saturated rings. The van der Waals surface area contributed by atoms with Crippen molar-refractivity contribution in [2.75, 3.05) is 5.75 Å². The van der Waals surface area contributed by atoms with Gasteiger partial charge in [0.05, 0.1) is 28.5 Å². The molecule has 0 radical (unpaired) electrons. The largest absolute Gasteiger partial charge is 0.353 e. The third-order valence-electron chi connectivity index (χ3n) is 3.70. The third-order valence-corrected chi connectivity index (χ3v) is 4.70. The molecule has 6 nitrogen and oxygen atoms in total. The molecule has 0 aromatic carbocycles. The van der Waals surface area contributed by atoms with Gasteiger partial charge >= 0.3 is 0 Å². The second kappa shape index (κ2) is 7.33. The SMILES string of the molecule is CC[C@H](C)NC(=O)CSC1=C(C#N)C(C)(C)[C@@H](C#N)C(=O)N1. The number of allylic oxidation sites excluding steroid dienone is 1. The Labute approximate surface area is 134 Å². The average molecular weight is 320 g/mol. The number of hydrogen-bond acceptors (Lipinski definition) is 5. The number of rotatable bonds is 5. The minimum atomic E-state index is -0.916. The molecule has 2 amide bonds. The molecule has 0 unspecified atom stereocenters. The van der Waals surface area contributed by atoms with Gasteiger partial charge < -0.3 is 10.6 Å². The van der Waals surface area contributed by atoms with Crippen molar-refractivity contribution in [2.45, 2.75) is 40.2 Å². The molecule has 1 aliphatic rings. The summed E-state index contributed by atoms with van der Waals surface area (Å²) in [5.74, 6) is -1.39. The van der Waals surface area contributed by atoms with Crippen LogP contribution < -0.4 is 10.6 Å². The minimum Gasteiger partial charge on any atom is -0.353 e. The van der Waals surface area contributed by atoms with Gasteiger partial charge in [0.15, 0.2) is 0 Å². The Kier molecular flexibility index (Phi) is 6.01. The molecular weight excluding hydrogens is 300 g/mol. The van der Waals surface area contributed by atoms with E-state index < -0.39 is 17.2 Å². The van der Waals surface area contributed by atoms with Crippen LogP contribution in [0, 0.1) is 34.0 Å². The summed E-state index contributed by atoms with van der Waals surface area (Å²) < 4.78 is 0. The van der Waals surface area contributed by atoms with Gasteiger partial charge in [0.25, 0.3) is 0 Å². The molecule has 22 heavy (non-hydrogen) atoms. The Hall–Kier alpha value is -1.99. The van der Waals surface area contributed by atoms with Crippen molar-refractivity contribution < 1.29 is 9.59 Å². The molecule has 0 aromatic heterocycles. The summed E-state index contributed by atoms with van der Waals surface area (Å²) in [6.45, 7) is 7.27. The summed E-state index contributed by atoms with van der Waals surface area (Å²) in [5, 5.41) is 24.3. The number of thioether (sulfide) groups is 1. The van der Waals surface area contributed by atoms with Crippen molar-refractivity contribution in [3.63, 3.8) is 0 Å². The van der Waals surface area contributed by atoms with Gasteiger partial charge in [-0.2, -0.15) is 10.5 Å². The van der Waals surface area contributed by atoms with Crippen LogP contribution >= 0.6 is 11.8 Å². The molecule has 2 N–H and O–H groups in total. The lowest BCUT2D eigenvalue weighted by Crippen LogP contribution is -2.44. The first-order valence-corrected chi connectivity index (χ1v) is 8.03. The van der Waals surface area contributed by atoms with Crippen LogP contribution in [0.5, 0.6) is 0 Å². The van der Waals surface area contributed by atoms with Gasteiger partial charge in [0, 0.05) is 11.5 Å². The Morgan fingerprint density at radius 3 is 2.64 bits per heavy atom. The first-order valence-electron chi connectivity index (χ1n) is 7.05.